The first-order chi connectivity index (χ1) is 10.4. The number of aromatic nitrogens is 1. The second-order valence-electron chi connectivity index (χ2n) is 5.63. The van der Waals surface area contributed by atoms with E-state index in [4.69, 9.17) is 10.00 Å². The third kappa shape index (κ3) is 2.25. The van der Waals surface area contributed by atoms with Gasteiger partial charge in [-0.05, 0) is 50.3 Å². The minimum atomic E-state index is -0.610. The molecule has 0 saturated carbocycles. The van der Waals surface area contributed by atoms with Crippen LogP contribution in [0, 0.1) is 11.3 Å². The zero-order valence-electron chi connectivity index (χ0n) is 12.2. The molecule has 22 heavy (non-hydrogen) atoms. The highest BCUT2D eigenvalue weighted by atomic mass is 16.5. The van der Waals surface area contributed by atoms with Gasteiger partial charge in [0.15, 0.2) is 5.75 Å². The Bertz CT molecular complexity index is 886. The van der Waals surface area contributed by atoms with E-state index in [0.29, 0.717) is 22.6 Å². The smallest absolute Gasteiger partial charge is 0.297 e. The zero-order chi connectivity index (χ0) is 15.9. The third-order valence-electron chi connectivity index (χ3n) is 3.43. The van der Waals surface area contributed by atoms with Crippen molar-refractivity contribution in [2.75, 3.05) is 0 Å². The molecule has 0 atom stereocenters. The molecule has 0 spiro atoms. The number of aromatic hydroxyl groups is 1. The molecule has 0 unspecified atom stereocenters. The van der Waals surface area contributed by atoms with Crippen molar-refractivity contribution in [3.05, 3.63) is 64.1 Å². The van der Waals surface area contributed by atoms with E-state index in [1.807, 2.05) is 13.8 Å². The molecule has 1 aromatic carbocycles. The van der Waals surface area contributed by atoms with Crippen LogP contribution in [-0.2, 0) is 0 Å². The standard InChI is InChI=1S/C17H14N2O3/c1-17(2)9-13(19-7-3-4-14(20)16(19)21)12-8-11(10-18)5-6-15(12)22-17/h3-9,20H,1-2H3. The molecular formula is C17H14N2O3. The molecule has 0 radical (unpaired) electrons. The molecule has 0 saturated heterocycles. The summed E-state index contributed by atoms with van der Waals surface area (Å²) in [5.74, 6) is 0.266. The summed E-state index contributed by atoms with van der Waals surface area (Å²) in [7, 11) is 0. The number of ether oxygens (including phenoxy) is 1. The highest BCUT2D eigenvalue weighted by molar-refractivity contribution is 5.74. The third-order valence-corrected chi connectivity index (χ3v) is 3.43. The van der Waals surface area contributed by atoms with E-state index in [9.17, 15) is 9.90 Å². The Balaban J connectivity index is 2.30. The van der Waals surface area contributed by atoms with Crippen LogP contribution in [0.3, 0.4) is 0 Å². The quantitative estimate of drug-likeness (QED) is 0.876. The Morgan fingerprint density at radius 1 is 1.32 bits per heavy atom. The average molecular weight is 294 g/mol. The Morgan fingerprint density at radius 3 is 2.82 bits per heavy atom. The highest BCUT2D eigenvalue weighted by Gasteiger charge is 2.28. The van der Waals surface area contributed by atoms with Gasteiger partial charge in [-0.1, -0.05) is 0 Å². The van der Waals surface area contributed by atoms with Crippen molar-refractivity contribution in [2.24, 2.45) is 0 Å². The molecule has 1 aliphatic heterocycles. The number of pyridine rings is 1. The van der Waals surface area contributed by atoms with E-state index < -0.39 is 11.2 Å². The van der Waals surface area contributed by atoms with Gasteiger partial charge in [-0.3, -0.25) is 9.36 Å². The lowest BCUT2D eigenvalue weighted by Crippen LogP contribution is -2.32. The molecule has 0 aliphatic carbocycles. The molecule has 1 aliphatic rings. The maximum atomic E-state index is 12.2. The highest BCUT2D eigenvalue weighted by Crippen LogP contribution is 2.36. The van der Waals surface area contributed by atoms with Gasteiger partial charge in [-0.25, -0.2) is 0 Å². The molecule has 1 N–H and O–H groups in total. The molecule has 5 nitrogen and oxygen atoms in total. The van der Waals surface area contributed by atoms with Crippen LogP contribution in [0.2, 0.25) is 0 Å². The SMILES string of the molecule is CC1(C)C=C(n2cccc(O)c2=O)c2cc(C#N)ccc2O1. The molecular weight excluding hydrogens is 280 g/mol. The van der Waals surface area contributed by atoms with Crippen LogP contribution in [0.25, 0.3) is 5.70 Å². The Hall–Kier alpha value is -3.00. The summed E-state index contributed by atoms with van der Waals surface area (Å²) < 4.78 is 7.24. The maximum absolute atomic E-state index is 12.2. The first kappa shape index (κ1) is 14.0. The van der Waals surface area contributed by atoms with Crippen molar-refractivity contribution in [3.8, 4) is 17.6 Å². The van der Waals surface area contributed by atoms with Gasteiger partial charge < -0.3 is 9.84 Å². The summed E-state index contributed by atoms with van der Waals surface area (Å²) in [5, 5.41) is 18.7. The van der Waals surface area contributed by atoms with Gasteiger partial charge in [0.1, 0.15) is 11.4 Å². The number of fused-ring (bicyclic) bond motifs is 1. The Kier molecular flexibility index (Phi) is 3.03. The number of rotatable bonds is 1. The van der Waals surface area contributed by atoms with Gasteiger partial charge >= 0.3 is 0 Å². The Labute approximate surface area is 127 Å². The molecule has 5 heteroatoms. The van der Waals surface area contributed by atoms with E-state index in [0.717, 1.165) is 0 Å². The summed E-state index contributed by atoms with van der Waals surface area (Å²) >= 11 is 0. The van der Waals surface area contributed by atoms with Crippen LogP contribution in [0.5, 0.6) is 11.5 Å². The van der Waals surface area contributed by atoms with Gasteiger partial charge in [0.25, 0.3) is 5.56 Å². The topological polar surface area (TPSA) is 75.3 Å². The van der Waals surface area contributed by atoms with Gasteiger partial charge in [-0.15, -0.1) is 0 Å². The van der Waals surface area contributed by atoms with Gasteiger partial charge in [-0.2, -0.15) is 5.26 Å². The predicted octanol–water partition coefficient (Wildman–Crippen LogP) is 2.49. The monoisotopic (exact) mass is 294 g/mol. The zero-order valence-corrected chi connectivity index (χ0v) is 12.2. The number of nitriles is 1. The van der Waals surface area contributed by atoms with Crippen molar-refractivity contribution in [3.63, 3.8) is 0 Å². The normalized spacial score (nSPS) is 15.2. The van der Waals surface area contributed by atoms with E-state index in [2.05, 4.69) is 6.07 Å². The summed E-state index contributed by atoms with van der Waals surface area (Å²) in [6.07, 6.45) is 3.38. The van der Waals surface area contributed by atoms with Crippen molar-refractivity contribution >= 4 is 5.70 Å². The van der Waals surface area contributed by atoms with Crippen LogP contribution < -0.4 is 10.3 Å². The first-order valence-electron chi connectivity index (χ1n) is 6.79. The fraction of sp³-hybridized carbons (Fsp3) is 0.176. The molecule has 2 heterocycles. The van der Waals surface area contributed by atoms with Gasteiger partial charge in [0.05, 0.1) is 17.3 Å². The van der Waals surface area contributed by atoms with Crippen molar-refractivity contribution in [1.29, 1.82) is 5.26 Å². The molecule has 1 aromatic heterocycles. The van der Waals surface area contributed by atoms with E-state index in [1.165, 1.54) is 10.6 Å². The lowest BCUT2D eigenvalue weighted by atomic mass is 9.97. The van der Waals surface area contributed by atoms with Crippen LogP contribution in [0.1, 0.15) is 25.0 Å². The summed E-state index contributed by atoms with van der Waals surface area (Å²) in [4.78, 5) is 12.2. The molecule has 110 valence electrons. The minimum Gasteiger partial charge on any atom is -0.503 e. The van der Waals surface area contributed by atoms with Gasteiger partial charge in [0.2, 0.25) is 0 Å². The van der Waals surface area contributed by atoms with Crippen LogP contribution >= 0.6 is 0 Å². The number of hydrogen-bond donors (Lipinski definition) is 1. The fourth-order valence-electron chi connectivity index (χ4n) is 2.48. The summed E-state index contributed by atoms with van der Waals surface area (Å²) in [6.45, 7) is 3.75. The summed E-state index contributed by atoms with van der Waals surface area (Å²) in [6, 6.07) is 10.1. The van der Waals surface area contributed by atoms with Gasteiger partial charge in [0, 0.05) is 11.8 Å². The molecule has 2 aromatic rings. The maximum Gasteiger partial charge on any atom is 0.297 e. The van der Waals surface area contributed by atoms with Crippen molar-refractivity contribution in [2.45, 2.75) is 19.4 Å². The fourth-order valence-corrected chi connectivity index (χ4v) is 2.48. The lowest BCUT2D eigenvalue weighted by molar-refractivity contribution is 0.157. The molecule has 0 amide bonds. The molecule has 0 bridgehead atoms. The summed E-state index contributed by atoms with van der Waals surface area (Å²) in [5.41, 5.74) is 0.581. The van der Waals surface area contributed by atoms with Crippen LogP contribution in [-0.4, -0.2) is 15.3 Å². The molecule has 0 fully saturated rings. The predicted molar refractivity (Wildman–Crippen MR) is 81.6 cm³/mol. The van der Waals surface area contributed by atoms with E-state index >= 15 is 0 Å². The van der Waals surface area contributed by atoms with Crippen molar-refractivity contribution in [1.82, 2.24) is 4.57 Å². The first-order valence-corrected chi connectivity index (χ1v) is 6.79. The minimum absolute atomic E-state index is 0.328. The number of benzene rings is 1. The van der Waals surface area contributed by atoms with Crippen LogP contribution in [0.15, 0.2) is 47.4 Å². The van der Waals surface area contributed by atoms with E-state index in [1.54, 1.807) is 36.5 Å². The Morgan fingerprint density at radius 2 is 2.09 bits per heavy atom. The van der Waals surface area contributed by atoms with Crippen LogP contribution in [0.4, 0.5) is 0 Å². The largest absolute Gasteiger partial charge is 0.503 e. The second-order valence-corrected chi connectivity index (χ2v) is 5.63. The number of hydrogen-bond acceptors (Lipinski definition) is 4. The molecule has 3 rings (SSSR count). The average Bonchev–Trinajstić information content (AvgIpc) is 2.48. The second kappa shape index (κ2) is 4.78. The lowest BCUT2D eigenvalue weighted by Gasteiger charge is -2.31. The van der Waals surface area contributed by atoms with E-state index in [-0.39, 0.29) is 5.75 Å². The number of nitrogens with zero attached hydrogens (tertiary/aromatic N) is 2. The van der Waals surface area contributed by atoms with Crippen molar-refractivity contribution < 1.29 is 9.84 Å².